The highest BCUT2D eigenvalue weighted by Crippen LogP contribution is 2.17. The summed E-state index contributed by atoms with van der Waals surface area (Å²) in [6.07, 6.45) is 0.621. The number of hydrogen-bond donors (Lipinski definition) is 1. The van der Waals surface area contributed by atoms with E-state index in [1.165, 1.54) is 6.20 Å². The standard InChI is InChI=1S/C19H23N3O3/c1-12-6-7-16(13(2)10-12)21-18(23)14(3)25-19(24)15-8-9-20-17(11-15)22(4)5/h6-11,14H,1-5H3,(H,21,23)/t14-/m1/s1. The molecule has 1 heterocycles. The highest BCUT2D eigenvalue weighted by atomic mass is 16.5. The van der Waals surface area contributed by atoms with Crippen molar-refractivity contribution in [2.45, 2.75) is 26.9 Å². The normalized spacial score (nSPS) is 11.6. The molecule has 0 saturated heterocycles. The summed E-state index contributed by atoms with van der Waals surface area (Å²) in [4.78, 5) is 30.5. The Labute approximate surface area is 147 Å². The highest BCUT2D eigenvalue weighted by molar-refractivity contribution is 5.97. The molecule has 1 atom stereocenters. The van der Waals surface area contributed by atoms with Gasteiger partial charge in [-0.3, -0.25) is 4.79 Å². The van der Waals surface area contributed by atoms with E-state index in [2.05, 4.69) is 10.3 Å². The number of aryl methyl sites for hydroxylation is 2. The third kappa shape index (κ3) is 4.79. The Balaban J connectivity index is 2.03. The monoisotopic (exact) mass is 341 g/mol. The number of nitrogens with zero attached hydrogens (tertiary/aromatic N) is 2. The van der Waals surface area contributed by atoms with Crippen LogP contribution in [-0.4, -0.2) is 37.1 Å². The van der Waals surface area contributed by atoms with E-state index in [0.717, 1.165) is 11.1 Å². The lowest BCUT2D eigenvalue weighted by molar-refractivity contribution is -0.123. The molecule has 1 aromatic carbocycles. The molecular formula is C19H23N3O3. The summed E-state index contributed by atoms with van der Waals surface area (Å²) in [7, 11) is 3.66. The van der Waals surface area contributed by atoms with Crippen LogP contribution in [0.2, 0.25) is 0 Å². The smallest absolute Gasteiger partial charge is 0.339 e. The lowest BCUT2D eigenvalue weighted by atomic mass is 10.1. The molecule has 132 valence electrons. The Hall–Kier alpha value is -2.89. The maximum atomic E-state index is 12.3. The zero-order valence-electron chi connectivity index (χ0n) is 15.2. The fourth-order valence-electron chi connectivity index (χ4n) is 2.26. The fraction of sp³-hybridized carbons (Fsp3) is 0.316. The predicted molar refractivity (Wildman–Crippen MR) is 98.0 cm³/mol. The van der Waals surface area contributed by atoms with Gasteiger partial charge in [-0.2, -0.15) is 0 Å². The van der Waals surface area contributed by atoms with Crippen molar-refractivity contribution in [1.82, 2.24) is 4.98 Å². The Bertz CT molecular complexity index is 787. The minimum Gasteiger partial charge on any atom is -0.449 e. The van der Waals surface area contributed by atoms with Gasteiger partial charge < -0.3 is 15.0 Å². The number of anilines is 2. The van der Waals surface area contributed by atoms with Gasteiger partial charge in [0.15, 0.2) is 6.10 Å². The first-order chi connectivity index (χ1) is 11.8. The topological polar surface area (TPSA) is 71.5 Å². The Morgan fingerprint density at radius 1 is 1.16 bits per heavy atom. The van der Waals surface area contributed by atoms with Gasteiger partial charge in [0.2, 0.25) is 0 Å². The van der Waals surface area contributed by atoms with Gasteiger partial charge in [-0.25, -0.2) is 9.78 Å². The van der Waals surface area contributed by atoms with Crippen LogP contribution in [0.15, 0.2) is 36.5 Å². The number of hydrogen-bond acceptors (Lipinski definition) is 5. The first kappa shape index (κ1) is 18.4. The van der Waals surface area contributed by atoms with Gasteiger partial charge in [-0.1, -0.05) is 17.7 Å². The number of rotatable bonds is 5. The summed E-state index contributed by atoms with van der Waals surface area (Å²) in [5.74, 6) is -0.294. The molecule has 0 radical (unpaired) electrons. The van der Waals surface area contributed by atoms with Crippen LogP contribution in [-0.2, 0) is 9.53 Å². The number of carbonyl (C=O) groups is 2. The second kappa shape index (κ2) is 7.79. The Morgan fingerprint density at radius 2 is 1.88 bits per heavy atom. The maximum absolute atomic E-state index is 12.3. The quantitative estimate of drug-likeness (QED) is 0.847. The molecule has 1 aromatic heterocycles. The number of pyridine rings is 1. The minimum atomic E-state index is -0.913. The second-order valence-corrected chi connectivity index (χ2v) is 6.15. The summed E-state index contributed by atoms with van der Waals surface area (Å²) in [6, 6.07) is 8.91. The molecule has 0 aliphatic carbocycles. The van der Waals surface area contributed by atoms with Gasteiger partial charge in [0.1, 0.15) is 5.82 Å². The van der Waals surface area contributed by atoms with Crippen molar-refractivity contribution in [3.05, 3.63) is 53.2 Å². The molecule has 0 bridgehead atoms. The molecule has 0 aliphatic rings. The van der Waals surface area contributed by atoms with Gasteiger partial charge in [-0.05, 0) is 44.5 Å². The van der Waals surface area contributed by atoms with Crippen LogP contribution < -0.4 is 10.2 Å². The molecule has 0 aliphatic heterocycles. The van der Waals surface area contributed by atoms with Crippen molar-refractivity contribution in [3.8, 4) is 0 Å². The van der Waals surface area contributed by atoms with E-state index in [0.29, 0.717) is 17.1 Å². The van der Waals surface area contributed by atoms with E-state index in [9.17, 15) is 9.59 Å². The number of nitrogens with one attached hydrogen (secondary N) is 1. The number of esters is 1. The molecule has 6 heteroatoms. The number of carbonyl (C=O) groups excluding carboxylic acids is 2. The van der Waals surface area contributed by atoms with Crippen molar-refractivity contribution >= 4 is 23.4 Å². The zero-order chi connectivity index (χ0) is 18.6. The fourth-order valence-corrected chi connectivity index (χ4v) is 2.26. The molecule has 0 unspecified atom stereocenters. The number of amides is 1. The second-order valence-electron chi connectivity index (χ2n) is 6.15. The van der Waals surface area contributed by atoms with Crippen molar-refractivity contribution in [3.63, 3.8) is 0 Å². The van der Waals surface area contributed by atoms with E-state index in [1.807, 2.05) is 46.1 Å². The van der Waals surface area contributed by atoms with Crippen molar-refractivity contribution < 1.29 is 14.3 Å². The molecule has 1 N–H and O–H groups in total. The van der Waals surface area contributed by atoms with Crippen LogP contribution in [0.4, 0.5) is 11.5 Å². The van der Waals surface area contributed by atoms with Gasteiger partial charge in [0.05, 0.1) is 5.56 Å². The summed E-state index contributed by atoms with van der Waals surface area (Å²) in [5.41, 5.74) is 3.13. The third-order valence-electron chi connectivity index (χ3n) is 3.73. The molecule has 25 heavy (non-hydrogen) atoms. The van der Waals surface area contributed by atoms with E-state index in [-0.39, 0.29) is 5.91 Å². The van der Waals surface area contributed by atoms with Gasteiger partial charge in [0, 0.05) is 26.0 Å². The number of aromatic nitrogens is 1. The molecule has 6 nitrogen and oxygen atoms in total. The van der Waals surface area contributed by atoms with Crippen LogP contribution in [0.1, 0.15) is 28.4 Å². The number of benzene rings is 1. The minimum absolute atomic E-state index is 0.352. The molecule has 2 aromatic rings. The SMILES string of the molecule is Cc1ccc(NC(=O)[C@@H](C)OC(=O)c2ccnc(N(C)C)c2)c(C)c1. The maximum Gasteiger partial charge on any atom is 0.339 e. The molecule has 0 saturated carbocycles. The largest absolute Gasteiger partial charge is 0.449 e. The van der Waals surface area contributed by atoms with Crippen molar-refractivity contribution in [1.29, 1.82) is 0 Å². The molecule has 0 fully saturated rings. The molecule has 1 amide bonds. The van der Waals surface area contributed by atoms with Gasteiger partial charge in [-0.15, -0.1) is 0 Å². The van der Waals surface area contributed by atoms with Crippen LogP contribution >= 0.6 is 0 Å². The first-order valence-corrected chi connectivity index (χ1v) is 8.00. The molecule has 0 spiro atoms. The van der Waals surface area contributed by atoms with E-state index in [1.54, 1.807) is 24.0 Å². The summed E-state index contributed by atoms with van der Waals surface area (Å²) in [5, 5.41) is 2.79. The van der Waals surface area contributed by atoms with Crippen molar-refractivity contribution in [2.75, 3.05) is 24.3 Å². The van der Waals surface area contributed by atoms with Crippen LogP contribution in [0.25, 0.3) is 0 Å². The Morgan fingerprint density at radius 3 is 2.52 bits per heavy atom. The predicted octanol–water partition coefficient (Wildman–Crippen LogP) is 2.95. The lowest BCUT2D eigenvalue weighted by Crippen LogP contribution is -2.30. The van der Waals surface area contributed by atoms with Gasteiger partial charge in [0.25, 0.3) is 5.91 Å². The van der Waals surface area contributed by atoms with E-state index in [4.69, 9.17) is 4.74 Å². The summed E-state index contributed by atoms with van der Waals surface area (Å²) in [6.45, 7) is 5.45. The summed E-state index contributed by atoms with van der Waals surface area (Å²) < 4.78 is 5.27. The van der Waals surface area contributed by atoms with E-state index < -0.39 is 12.1 Å². The average molecular weight is 341 g/mol. The average Bonchev–Trinajstić information content (AvgIpc) is 2.57. The van der Waals surface area contributed by atoms with Crippen LogP contribution in [0.5, 0.6) is 0 Å². The van der Waals surface area contributed by atoms with Crippen LogP contribution in [0.3, 0.4) is 0 Å². The van der Waals surface area contributed by atoms with E-state index >= 15 is 0 Å². The molecule has 2 rings (SSSR count). The molecular weight excluding hydrogens is 318 g/mol. The lowest BCUT2D eigenvalue weighted by Gasteiger charge is -2.16. The number of ether oxygens (including phenoxy) is 1. The zero-order valence-corrected chi connectivity index (χ0v) is 15.2. The first-order valence-electron chi connectivity index (χ1n) is 8.00. The summed E-state index contributed by atoms with van der Waals surface area (Å²) >= 11 is 0. The highest BCUT2D eigenvalue weighted by Gasteiger charge is 2.20. The van der Waals surface area contributed by atoms with Gasteiger partial charge >= 0.3 is 5.97 Å². The third-order valence-corrected chi connectivity index (χ3v) is 3.73. The Kier molecular flexibility index (Phi) is 5.75. The van der Waals surface area contributed by atoms with Crippen molar-refractivity contribution in [2.24, 2.45) is 0 Å². The van der Waals surface area contributed by atoms with Crippen LogP contribution in [0, 0.1) is 13.8 Å².